The van der Waals surface area contributed by atoms with Gasteiger partial charge in [0.25, 0.3) is 0 Å². The van der Waals surface area contributed by atoms with E-state index >= 15 is 0 Å². The molecule has 0 fully saturated rings. The van der Waals surface area contributed by atoms with E-state index in [4.69, 9.17) is 4.98 Å². The summed E-state index contributed by atoms with van der Waals surface area (Å²) in [5.74, 6) is 1.05. The number of thiophene rings is 1. The minimum atomic E-state index is 0.939. The van der Waals surface area contributed by atoms with E-state index in [0.29, 0.717) is 0 Å². The molecule has 2 N–H and O–H groups in total. The van der Waals surface area contributed by atoms with Crippen LogP contribution in [-0.2, 0) is 13.0 Å². The lowest BCUT2D eigenvalue weighted by atomic mass is 10.0. The van der Waals surface area contributed by atoms with Crippen molar-refractivity contribution in [1.29, 1.82) is 0 Å². The first-order valence-electron chi connectivity index (χ1n) is 7.27. The topological polar surface area (TPSA) is 40.7 Å². The number of nitrogens with one attached hydrogen (secondary N) is 2. The van der Waals surface area contributed by atoms with Crippen LogP contribution >= 0.6 is 23.1 Å². The fraction of sp³-hybridized carbons (Fsp3) is 0.312. The molecular weight excluding hydrogens is 298 g/mol. The van der Waals surface area contributed by atoms with Gasteiger partial charge in [0.05, 0.1) is 5.03 Å². The Morgan fingerprint density at radius 1 is 1.43 bits per heavy atom. The summed E-state index contributed by atoms with van der Waals surface area (Å²) in [6, 6.07) is 4.46. The third kappa shape index (κ3) is 2.29. The Balaban J connectivity index is 2.01. The van der Waals surface area contributed by atoms with Gasteiger partial charge in [-0.2, -0.15) is 11.3 Å². The molecule has 0 saturated heterocycles. The zero-order chi connectivity index (χ0) is 14.2. The van der Waals surface area contributed by atoms with Crippen molar-refractivity contribution in [2.24, 2.45) is 0 Å². The molecule has 0 aliphatic carbocycles. The van der Waals surface area contributed by atoms with E-state index in [1.807, 2.05) is 0 Å². The summed E-state index contributed by atoms with van der Waals surface area (Å²) in [7, 11) is 0. The average molecular weight is 315 g/mol. The van der Waals surface area contributed by atoms with E-state index in [2.05, 4.69) is 40.1 Å². The second-order valence-corrected chi connectivity index (χ2v) is 7.25. The van der Waals surface area contributed by atoms with E-state index in [0.717, 1.165) is 35.9 Å². The standard InChI is InChI=1S/C16H17N3S2/c1-2-21-14-7-11(10-4-6-20-9-10)15-12-8-17-5-3-13(12)18-16(15)19-14/h4,6-7,9,17H,2-3,5,8H2,1H3,(H,18,19). The van der Waals surface area contributed by atoms with Gasteiger partial charge in [-0.15, -0.1) is 11.8 Å². The lowest BCUT2D eigenvalue weighted by molar-refractivity contribution is 0.641. The predicted octanol–water partition coefficient (Wildman–Crippen LogP) is 4.05. The Morgan fingerprint density at radius 3 is 3.19 bits per heavy atom. The molecule has 1 aliphatic heterocycles. The van der Waals surface area contributed by atoms with Gasteiger partial charge in [0.1, 0.15) is 5.65 Å². The van der Waals surface area contributed by atoms with E-state index in [-0.39, 0.29) is 0 Å². The van der Waals surface area contributed by atoms with E-state index in [9.17, 15) is 0 Å². The van der Waals surface area contributed by atoms with Crippen molar-refractivity contribution in [1.82, 2.24) is 15.3 Å². The maximum atomic E-state index is 4.82. The molecule has 4 rings (SSSR count). The van der Waals surface area contributed by atoms with Crippen LogP contribution in [0, 0.1) is 0 Å². The van der Waals surface area contributed by atoms with Gasteiger partial charge in [0.2, 0.25) is 0 Å². The third-order valence-corrected chi connectivity index (χ3v) is 5.39. The highest BCUT2D eigenvalue weighted by Crippen LogP contribution is 2.36. The molecule has 3 nitrogen and oxygen atoms in total. The molecule has 0 amide bonds. The van der Waals surface area contributed by atoms with Crippen LogP contribution in [0.25, 0.3) is 22.2 Å². The highest BCUT2D eigenvalue weighted by molar-refractivity contribution is 7.99. The number of thioether (sulfide) groups is 1. The number of pyridine rings is 1. The summed E-state index contributed by atoms with van der Waals surface area (Å²) in [4.78, 5) is 8.38. The molecule has 0 unspecified atom stereocenters. The van der Waals surface area contributed by atoms with Gasteiger partial charge >= 0.3 is 0 Å². The average Bonchev–Trinajstić information content (AvgIpc) is 3.14. The molecule has 3 aromatic heterocycles. The molecule has 0 bridgehead atoms. The van der Waals surface area contributed by atoms with Crippen LogP contribution in [0.2, 0.25) is 0 Å². The van der Waals surface area contributed by atoms with Gasteiger partial charge in [0.15, 0.2) is 0 Å². The number of hydrogen-bond acceptors (Lipinski definition) is 4. The third-order valence-electron chi connectivity index (χ3n) is 3.91. The first kappa shape index (κ1) is 13.4. The zero-order valence-electron chi connectivity index (χ0n) is 11.9. The Labute approximate surface area is 132 Å². The highest BCUT2D eigenvalue weighted by atomic mass is 32.2. The van der Waals surface area contributed by atoms with Crippen LogP contribution in [0.4, 0.5) is 0 Å². The first-order valence-corrected chi connectivity index (χ1v) is 9.20. The smallest absolute Gasteiger partial charge is 0.139 e. The number of hydrogen-bond donors (Lipinski definition) is 2. The lowest BCUT2D eigenvalue weighted by Crippen LogP contribution is -2.22. The molecule has 1 aliphatic rings. The van der Waals surface area contributed by atoms with Crippen molar-refractivity contribution in [2.45, 2.75) is 24.9 Å². The highest BCUT2D eigenvalue weighted by Gasteiger charge is 2.20. The van der Waals surface area contributed by atoms with Crippen molar-refractivity contribution in [3.8, 4) is 11.1 Å². The van der Waals surface area contributed by atoms with Crippen LogP contribution in [0.1, 0.15) is 18.2 Å². The molecule has 0 saturated carbocycles. The SMILES string of the molecule is CCSc1cc(-c2ccsc2)c2c3c([nH]c2n1)CCNC3. The quantitative estimate of drug-likeness (QED) is 0.716. The summed E-state index contributed by atoms with van der Waals surface area (Å²) in [5.41, 5.74) is 6.42. The minimum absolute atomic E-state index is 0.939. The molecule has 4 heterocycles. The molecule has 21 heavy (non-hydrogen) atoms. The molecular formula is C16H17N3S2. The van der Waals surface area contributed by atoms with Gasteiger partial charge in [-0.1, -0.05) is 6.92 Å². The number of fused-ring (bicyclic) bond motifs is 3. The summed E-state index contributed by atoms with van der Waals surface area (Å²) >= 11 is 3.55. The second-order valence-electron chi connectivity index (χ2n) is 5.19. The number of nitrogens with zero attached hydrogens (tertiary/aromatic N) is 1. The summed E-state index contributed by atoms with van der Waals surface area (Å²) < 4.78 is 0. The minimum Gasteiger partial charge on any atom is -0.343 e. The van der Waals surface area contributed by atoms with Crippen molar-refractivity contribution < 1.29 is 0 Å². The monoisotopic (exact) mass is 315 g/mol. The number of aromatic nitrogens is 2. The van der Waals surface area contributed by atoms with Gasteiger partial charge in [-0.25, -0.2) is 4.98 Å². The van der Waals surface area contributed by atoms with Crippen LogP contribution in [0.3, 0.4) is 0 Å². The Bertz CT molecular complexity index is 775. The van der Waals surface area contributed by atoms with Crippen molar-refractivity contribution in [2.75, 3.05) is 12.3 Å². The Morgan fingerprint density at radius 2 is 2.38 bits per heavy atom. The van der Waals surface area contributed by atoms with Crippen LogP contribution in [-0.4, -0.2) is 22.3 Å². The molecule has 5 heteroatoms. The molecule has 0 spiro atoms. The van der Waals surface area contributed by atoms with Gasteiger partial charge in [-0.05, 0) is 45.3 Å². The summed E-state index contributed by atoms with van der Waals surface area (Å²) in [5, 5.41) is 10.3. The van der Waals surface area contributed by atoms with Crippen LogP contribution in [0.5, 0.6) is 0 Å². The van der Waals surface area contributed by atoms with Crippen molar-refractivity contribution >= 4 is 34.1 Å². The number of H-pyrrole nitrogens is 1. The molecule has 108 valence electrons. The maximum absolute atomic E-state index is 4.82. The van der Waals surface area contributed by atoms with Crippen LogP contribution in [0.15, 0.2) is 27.9 Å². The molecule has 0 atom stereocenters. The summed E-state index contributed by atoms with van der Waals surface area (Å²) in [6.07, 6.45) is 1.06. The maximum Gasteiger partial charge on any atom is 0.139 e. The fourth-order valence-electron chi connectivity index (χ4n) is 2.99. The Hall–Kier alpha value is -1.30. The Kier molecular flexibility index (Phi) is 3.49. The van der Waals surface area contributed by atoms with Gasteiger partial charge in [0, 0.05) is 30.6 Å². The lowest BCUT2D eigenvalue weighted by Gasteiger charge is -2.13. The molecule has 0 aromatic carbocycles. The molecule has 0 radical (unpaired) electrons. The van der Waals surface area contributed by atoms with Gasteiger partial charge < -0.3 is 10.3 Å². The van der Waals surface area contributed by atoms with E-state index < -0.39 is 0 Å². The van der Waals surface area contributed by atoms with E-state index in [1.165, 1.54) is 27.8 Å². The largest absolute Gasteiger partial charge is 0.343 e. The first-order chi connectivity index (χ1) is 10.4. The zero-order valence-corrected chi connectivity index (χ0v) is 13.5. The fourth-order valence-corrected chi connectivity index (χ4v) is 4.30. The number of rotatable bonds is 3. The second kappa shape index (κ2) is 5.48. The normalized spacial score (nSPS) is 14.5. The van der Waals surface area contributed by atoms with Crippen molar-refractivity contribution in [3.63, 3.8) is 0 Å². The number of aromatic amines is 1. The van der Waals surface area contributed by atoms with Crippen LogP contribution < -0.4 is 5.32 Å². The summed E-state index contributed by atoms with van der Waals surface area (Å²) in [6.45, 7) is 4.16. The predicted molar refractivity (Wildman–Crippen MR) is 91.2 cm³/mol. The van der Waals surface area contributed by atoms with E-state index in [1.54, 1.807) is 23.1 Å². The van der Waals surface area contributed by atoms with Crippen molar-refractivity contribution in [3.05, 3.63) is 34.2 Å². The van der Waals surface area contributed by atoms with Gasteiger partial charge in [-0.3, -0.25) is 0 Å². The molecule has 3 aromatic rings.